The molecule has 0 N–H and O–H groups in total. The van der Waals surface area contributed by atoms with Crippen LogP contribution in [-0.2, 0) is 12.8 Å². The number of benzene rings is 7. The number of rotatable bonds is 7. The lowest BCUT2D eigenvalue weighted by Crippen LogP contribution is -2.56. The van der Waals surface area contributed by atoms with Crippen LogP contribution in [0.25, 0.3) is 65.6 Å². The van der Waals surface area contributed by atoms with Crippen molar-refractivity contribution in [3.05, 3.63) is 139 Å². The summed E-state index contributed by atoms with van der Waals surface area (Å²) in [5.74, 6) is 0. The number of hydrogen-bond donors (Lipinski definition) is 0. The van der Waals surface area contributed by atoms with Gasteiger partial charge in [-0.05, 0) is 94.4 Å². The quantitative estimate of drug-likeness (QED) is 0.157. The molecule has 250 valence electrons. The van der Waals surface area contributed by atoms with E-state index in [-0.39, 0.29) is 6.85 Å². The Morgan fingerprint density at radius 2 is 1.29 bits per heavy atom. The molecule has 0 atom stereocenters. The Morgan fingerprint density at radius 1 is 0.596 bits per heavy atom. The van der Waals surface area contributed by atoms with E-state index in [0.717, 1.165) is 24.0 Å². The SMILES string of the molecule is CCCCc1cc(CCCC)cc(N2c3cc4ccccc4cc3B3c4c2cc2oc5ccccc5c2c4-c2cccc4c5ccccc5n3c24)c1. The molecule has 0 spiro atoms. The Labute approximate surface area is 304 Å². The van der Waals surface area contributed by atoms with Crippen molar-refractivity contribution >= 4 is 89.4 Å². The molecule has 0 amide bonds. The third-order valence-electron chi connectivity index (χ3n) is 11.8. The van der Waals surface area contributed by atoms with Gasteiger partial charge in [-0.1, -0.05) is 118 Å². The molecule has 0 saturated carbocycles. The summed E-state index contributed by atoms with van der Waals surface area (Å²) in [6, 6.07) is 48.1. The van der Waals surface area contributed by atoms with E-state index in [1.54, 1.807) is 0 Å². The highest BCUT2D eigenvalue weighted by molar-refractivity contribution is 6.90. The number of hydrogen-bond acceptors (Lipinski definition) is 2. The second kappa shape index (κ2) is 11.4. The first-order chi connectivity index (χ1) is 25.7. The van der Waals surface area contributed by atoms with Gasteiger partial charge in [-0.2, -0.15) is 0 Å². The lowest BCUT2D eigenvalue weighted by atomic mass is 9.44. The van der Waals surface area contributed by atoms with Gasteiger partial charge in [0.25, 0.3) is 0 Å². The molecule has 0 fully saturated rings. The van der Waals surface area contributed by atoms with Gasteiger partial charge in [0.1, 0.15) is 11.2 Å². The molecule has 3 nitrogen and oxygen atoms in total. The van der Waals surface area contributed by atoms with E-state index < -0.39 is 0 Å². The maximum atomic E-state index is 6.83. The number of nitrogens with zero attached hydrogens (tertiary/aromatic N) is 2. The highest BCUT2D eigenvalue weighted by atomic mass is 16.3. The Morgan fingerprint density at radius 3 is 2.08 bits per heavy atom. The van der Waals surface area contributed by atoms with Crippen LogP contribution in [0.15, 0.2) is 132 Å². The zero-order valence-electron chi connectivity index (χ0n) is 29.7. The molecule has 11 rings (SSSR count). The molecular formula is C48H39BN2O. The molecule has 0 aliphatic carbocycles. The van der Waals surface area contributed by atoms with Gasteiger partial charge in [-0.25, -0.2) is 0 Å². The maximum Gasteiger partial charge on any atom is 0.333 e. The van der Waals surface area contributed by atoms with Crippen molar-refractivity contribution in [3.63, 3.8) is 0 Å². The van der Waals surface area contributed by atoms with Crippen LogP contribution in [0.4, 0.5) is 17.1 Å². The van der Waals surface area contributed by atoms with Crippen LogP contribution < -0.4 is 15.8 Å². The zero-order valence-corrected chi connectivity index (χ0v) is 29.7. The average Bonchev–Trinajstić information content (AvgIpc) is 3.73. The Bertz CT molecular complexity index is 2890. The monoisotopic (exact) mass is 670 g/mol. The van der Waals surface area contributed by atoms with Crippen LogP contribution in [0.5, 0.6) is 0 Å². The van der Waals surface area contributed by atoms with Gasteiger partial charge in [0.2, 0.25) is 0 Å². The van der Waals surface area contributed by atoms with Crippen LogP contribution >= 0.6 is 0 Å². The average molecular weight is 671 g/mol. The number of unbranched alkanes of at least 4 members (excludes halogenated alkanes) is 2. The first-order valence-corrected chi connectivity index (χ1v) is 19.2. The minimum atomic E-state index is -0.0148. The van der Waals surface area contributed by atoms with Gasteiger partial charge in [-0.3, -0.25) is 0 Å². The van der Waals surface area contributed by atoms with Crippen molar-refractivity contribution in [1.82, 2.24) is 4.48 Å². The molecule has 0 bridgehead atoms. The maximum absolute atomic E-state index is 6.83. The summed E-state index contributed by atoms with van der Waals surface area (Å²) in [4.78, 5) is 2.59. The van der Waals surface area contributed by atoms with E-state index in [2.05, 4.69) is 151 Å². The van der Waals surface area contributed by atoms with Crippen molar-refractivity contribution in [3.8, 4) is 11.1 Å². The van der Waals surface area contributed by atoms with Gasteiger partial charge in [-0.15, -0.1) is 0 Å². The number of anilines is 3. The fraction of sp³-hybridized carbons (Fsp3) is 0.167. The molecule has 0 unspecified atom stereocenters. The number of fused-ring (bicyclic) bond motifs is 12. The summed E-state index contributed by atoms with van der Waals surface area (Å²) < 4.78 is 9.49. The Balaban J connectivity index is 1.33. The van der Waals surface area contributed by atoms with Crippen molar-refractivity contribution in [2.45, 2.75) is 52.4 Å². The molecular weight excluding hydrogens is 631 g/mol. The molecule has 4 heterocycles. The molecule has 9 aromatic rings. The predicted molar refractivity (Wildman–Crippen MR) is 222 cm³/mol. The highest BCUT2D eigenvalue weighted by Crippen LogP contribution is 2.50. The van der Waals surface area contributed by atoms with Gasteiger partial charge in [0.15, 0.2) is 0 Å². The van der Waals surface area contributed by atoms with Crippen LogP contribution in [0, 0.1) is 0 Å². The van der Waals surface area contributed by atoms with Crippen LogP contribution in [0.1, 0.15) is 50.7 Å². The standard InChI is InChI=1S/C48H39BN2O/c1-3-5-14-30-24-31(15-6-4-2)26-34(25-30)50-41-28-33-17-8-7-16-32(33)27-39(41)49-47-42(50)29-44-45(37-19-10-12-23-43(37)52-44)46(47)38-21-13-20-36-35-18-9-11-22-40(35)51(49)48(36)38/h7-13,16-29H,3-6,14-15H2,1-2H3. The van der Waals surface area contributed by atoms with Crippen molar-refractivity contribution in [2.75, 3.05) is 4.90 Å². The summed E-state index contributed by atoms with van der Waals surface area (Å²) in [6.45, 7) is 4.57. The summed E-state index contributed by atoms with van der Waals surface area (Å²) >= 11 is 0. The summed E-state index contributed by atoms with van der Waals surface area (Å²) in [6.07, 6.45) is 6.92. The van der Waals surface area contributed by atoms with E-state index in [4.69, 9.17) is 4.42 Å². The third kappa shape index (κ3) is 4.15. The molecule has 52 heavy (non-hydrogen) atoms. The van der Waals surface area contributed by atoms with Gasteiger partial charge < -0.3 is 13.8 Å². The third-order valence-corrected chi connectivity index (χ3v) is 11.8. The normalized spacial score (nSPS) is 13.2. The van der Waals surface area contributed by atoms with E-state index in [1.807, 2.05) is 0 Å². The predicted octanol–water partition coefficient (Wildman–Crippen LogP) is 11.9. The number of para-hydroxylation sites is 3. The molecule has 0 saturated heterocycles. The van der Waals surface area contributed by atoms with Gasteiger partial charge >= 0.3 is 6.85 Å². The summed E-state index contributed by atoms with van der Waals surface area (Å²) in [5.41, 5.74) is 16.3. The zero-order chi connectivity index (χ0) is 34.5. The lowest BCUT2D eigenvalue weighted by molar-refractivity contribution is 0.669. The molecule has 2 aliphatic rings. The van der Waals surface area contributed by atoms with E-state index in [0.29, 0.717) is 0 Å². The number of aromatic nitrogens is 1. The van der Waals surface area contributed by atoms with Crippen molar-refractivity contribution < 1.29 is 4.42 Å². The minimum Gasteiger partial charge on any atom is -0.456 e. The molecule has 7 aromatic carbocycles. The lowest BCUT2D eigenvalue weighted by Gasteiger charge is -2.41. The fourth-order valence-corrected chi connectivity index (χ4v) is 9.57. The first kappa shape index (κ1) is 29.9. The molecule has 0 radical (unpaired) electrons. The topological polar surface area (TPSA) is 21.3 Å². The van der Waals surface area contributed by atoms with Crippen LogP contribution in [0.3, 0.4) is 0 Å². The second-order valence-corrected chi connectivity index (χ2v) is 15.0. The molecule has 2 aromatic heterocycles. The van der Waals surface area contributed by atoms with E-state index in [9.17, 15) is 0 Å². The second-order valence-electron chi connectivity index (χ2n) is 15.0. The van der Waals surface area contributed by atoms with Gasteiger partial charge in [0.05, 0.1) is 0 Å². The smallest absolute Gasteiger partial charge is 0.333 e. The fourth-order valence-electron chi connectivity index (χ4n) is 9.57. The summed E-state index contributed by atoms with van der Waals surface area (Å²) in [7, 11) is 0. The van der Waals surface area contributed by atoms with E-state index in [1.165, 1.54) is 119 Å². The summed E-state index contributed by atoms with van der Waals surface area (Å²) in [5, 5.41) is 7.53. The molecule has 4 heteroatoms. The van der Waals surface area contributed by atoms with Crippen molar-refractivity contribution in [2.24, 2.45) is 0 Å². The van der Waals surface area contributed by atoms with Crippen molar-refractivity contribution in [1.29, 1.82) is 0 Å². The minimum absolute atomic E-state index is 0.0148. The van der Waals surface area contributed by atoms with Crippen LogP contribution in [0.2, 0.25) is 0 Å². The first-order valence-electron chi connectivity index (χ1n) is 19.2. The number of furan rings is 1. The van der Waals surface area contributed by atoms with Gasteiger partial charge in [0, 0.05) is 61.3 Å². The van der Waals surface area contributed by atoms with E-state index >= 15 is 0 Å². The molecule has 2 aliphatic heterocycles. The Kier molecular flexibility index (Phi) is 6.56. The highest BCUT2D eigenvalue weighted by Gasteiger charge is 2.44. The Hall–Kier alpha value is -5.74. The number of aryl methyl sites for hydroxylation is 2. The van der Waals surface area contributed by atoms with Crippen LogP contribution in [-0.4, -0.2) is 11.3 Å². The largest absolute Gasteiger partial charge is 0.456 e.